The van der Waals surface area contributed by atoms with E-state index in [1.165, 1.54) is 0 Å². The van der Waals surface area contributed by atoms with Gasteiger partial charge < -0.3 is 15.2 Å². The van der Waals surface area contributed by atoms with Gasteiger partial charge in [-0.15, -0.1) is 0 Å². The molecule has 0 unspecified atom stereocenters. The van der Waals surface area contributed by atoms with Crippen molar-refractivity contribution in [3.05, 3.63) is 42.1 Å². The predicted molar refractivity (Wildman–Crippen MR) is 73.4 cm³/mol. The number of nitrogens with zero attached hydrogens (tertiary/aromatic N) is 1. The van der Waals surface area contributed by atoms with Crippen molar-refractivity contribution in [1.29, 1.82) is 0 Å². The Hall–Kier alpha value is -2.07. The average Bonchev–Trinajstić information content (AvgIpc) is 2.48. The maximum absolute atomic E-state index is 5.65. The number of ether oxygens (including phenoxy) is 2. The van der Waals surface area contributed by atoms with Gasteiger partial charge >= 0.3 is 0 Å². The lowest BCUT2D eigenvalue weighted by Gasteiger charge is -2.19. The number of pyridine rings is 1. The molecule has 0 bridgehead atoms. The van der Waals surface area contributed by atoms with E-state index < -0.39 is 0 Å². The molecule has 1 aliphatic rings. The summed E-state index contributed by atoms with van der Waals surface area (Å²) in [7, 11) is 0. The molecule has 0 fully saturated rings. The van der Waals surface area contributed by atoms with Crippen LogP contribution in [0.3, 0.4) is 0 Å². The molecular weight excluding hydrogens is 240 g/mol. The second-order valence-electron chi connectivity index (χ2n) is 4.41. The van der Waals surface area contributed by atoms with E-state index in [1.807, 2.05) is 24.3 Å². The van der Waals surface area contributed by atoms with Crippen LogP contribution in [0.5, 0.6) is 11.5 Å². The Balaban J connectivity index is 2.02. The number of hydrogen-bond acceptors (Lipinski definition) is 4. The topological polar surface area (TPSA) is 57.4 Å². The van der Waals surface area contributed by atoms with Gasteiger partial charge in [-0.05, 0) is 42.8 Å². The molecule has 2 N–H and O–H groups in total. The Morgan fingerprint density at radius 3 is 2.79 bits per heavy atom. The summed E-state index contributed by atoms with van der Waals surface area (Å²) < 4.78 is 11.1. The molecule has 3 rings (SSSR count). The molecule has 0 atom stereocenters. The zero-order valence-electron chi connectivity index (χ0n) is 10.6. The fourth-order valence-corrected chi connectivity index (χ4v) is 2.25. The van der Waals surface area contributed by atoms with Gasteiger partial charge in [-0.3, -0.25) is 4.98 Å². The Morgan fingerprint density at radius 2 is 1.95 bits per heavy atom. The summed E-state index contributed by atoms with van der Waals surface area (Å²) in [4.78, 5) is 4.46. The number of benzene rings is 1. The SMILES string of the molecule is NCCc1cccnc1-c1ccc2c(c1)OCCO2. The highest BCUT2D eigenvalue weighted by atomic mass is 16.6. The van der Waals surface area contributed by atoms with E-state index in [2.05, 4.69) is 11.1 Å². The van der Waals surface area contributed by atoms with Crippen LogP contribution in [-0.4, -0.2) is 24.7 Å². The van der Waals surface area contributed by atoms with Crippen molar-refractivity contribution < 1.29 is 9.47 Å². The molecule has 0 saturated heterocycles. The van der Waals surface area contributed by atoms with Gasteiger partial charge in [-0.1, -0.05) is 6.07 Å². The van der Waals surface area contributed by atoms with Crippen LogP contribution >= 0.6 is 0 Å². The maximum Gasteiger partial charge on any atom is 0.162 e. The van der Waals surface area contributed by atoms with E-state index in [9.17, 15) is 0 Å². The number of hydrogen-bond donors (Lipinski definition) is 1. The molecule has 19 heavy (non-hydrogen) atoms. The molecule has 2 aromatic rings. The molecule has 1 aromatic carbocycles. The van der Waals surface area contributed by atoms with Gasteiger partial charge in [0.05, 0.1) is 5.69 Å². The quantitative estimate of drug-likeness (QED) is 0.912. The van der Waals surface area contributed by atoms with Crippen molar-refractivity contribution in [2.24, 2.45) is 5.73 Å². The molecular formula is C15H16N2O2. The largest absolute Gasteiger partial charge is 0.486 e. The van der Waals surface area contributed by atoms with Gasteiger partial charge in [0.1, 0.15) is 13.2 Å². The van der Waals surface area contributed by atoms with Crippen LogP contribution in [0.2, 0.25) is 0 Å². The molecule has 1 aliphatic heterocycles. The van der Waals surface area contributed by atoms with Gasteiger partial charge in [0.25, 0.3) is 0 Å². The highest BCUT2D eigenvalue weighted by molar-refractivity contribution is 5.67. The van der Waals surface area contributed by atoms with E-state index in [4.69, 9.17) is 15.2 Å². The lowest BCUT2D eigenvalue weighted by atomic mass is 10.0. The lowest BCUT2D eigenvalue weighted by molar-refractivity contribution is 0.171. The lowest BCUT2D eigenvalue weighted by Crippen LogP contribution is -2.15. The third-order valence-corrected chi connectivity index (χ3v) is 3.12. The Morgan fingerprint density at radius 1 is 1.11 bits per heavy atom. The molecule has 0 spiro atoms. The minimum Gasteiger partial charge on any atom is -0.486 e. The summed E-state index contributed by atoms with van der Waals surface area (Å²) in [5, 5.41) is 0. The van der Waals surface area contributed by atoms with Crippen LogP contribution in [0, 0.1) is 0 Å². The van der Waals surface area contributed by atoms with Gasteiger partial charge in [-0.2, -0.15) is 0 Å². The highest BCUT2D eigenvalue weighted by Crippen LogP contribution is 2.34. The van der Waals surface area contributed by atoms with Crippen LogP contribution < -0.4 is 15.2 Å². The van der Waals surface area contributed by atoms with Crippen LogP contribution in [-0.2, 0) is 6.42 Å². The van der Waals surface area contributed by atoms with E-state index in [0.29, 0.717) is 19.8 Å². The van der Waals surface area contributed by atoms with E-state index in [-0.39, 0.29) is 0 Å². The number of fused-ring (bicyclic) bond motifs is 1. The first-order chi connectivity index (χ1) is 9.38. The summed E-state index contributed by atoms with van der Waals surface area (Å²) in [6, 6.07) is 9.93. The fourth-order valence-electron chi connectivity index (χ4n) is 2.25. The van der Waals surface area contributed by atoms with E-state index in [0.717, 1.165) is 34.7 Å². The summed E-state index contributed by atoms with van der Waals surface area (Å²) in [6.45, 7) is 1.81. The van der Waals surface area contributed by atoms with Crippen LogP contribution in [0.1, 0.15) is 5.56 Å². The third kappa shape index (κ3) is 2.39. The van der Waals surface area contributed by atoms with Gasteiger partial charge in [0, 0.05) is 11.8 Å². The second-order valence-corrected chi connectivity index (χ2v) is 4.41. The molecule has 2 heterocycles. The summed E-state index contributed by atoms with van der Waals surface area (Å²) in [5.74, 6) is 1.58. The first-order valence-electron chi connectivity index (χ1n) is 6.42. The second kappa shape index (κ2) is 5.28. The molecule has 0 radical (unpaired) electrons. The maximum atomic E-state index is 5.65. The normalized spacial score (nSPS) is 13.3. The Bertz CT molecular complexity index is 584. The first-order valence-corrected chi connectivity index (χ1v) is 6.42. The Kier molecular flexibility index (Phi) is 3.33. The molecule has 4 nitrogen and oxygen atoms in total. The molecule has 0 amide bonds. The molecule has 1 aromatic heterocycles. The molecule has 98 valence electrons. The number of rotatable bonds is 3. The van der Waals surface area contributed by atoms with E-state index in [1.54, 1.807) is 6.20 Å². The monoisotopic (exact) mass is 256 g/mol. The first kappa shape index (κ1) is 12.0. The fraction of sp³-hybridized carbons (Fsp3) is 0.267. The number of aromatic nitrogens is 1. The van der Waals surface area contributed by atoms with Crippen molar-refractivity contribution in [3.8, 4) is 22.8 Å². The number of nitrogens with two attached hydrogens (primary N) is 1. The minimum absolute atomic E-state index is 0.592. The highest BCUT2D eigenvalue weighted by Gasteiger charge is 2.14. The minimum atomic E-state index is 0.592. The summed E-state index contributed by atoms with van der Waals surface area (Å²) in [5.41, 5.74) is 8.80. The third-order valence-electron chi connectivity index (χ3n) is 3.12. The van der Waals surface area contributed by atoms with Crippen LogP contribution in [0.25, 0.3) is 11.3 Å². The standard InChI is InChI=1S/C15H16N2O2/c16-6-5-11-2-1-7-17-15(11)12-3-4-13-14(10-12)19-9-8-18-13/h1-4,7,10H,5-6,8-9,16H2. The zero-order valence-corrected chi connectivity index (χ0v) is 10.6. The van der Waals surface area contributed by atoms with Crippen LogP contribution in [0.15, 0.2) is 36.5 Å². The van der Waals surface area contributed by atoms with Gasteiger partial charge in [0.15, 0.2) is 11.5 Å². The molecule has 4 heteroatoms. The average molecular weight is 256 g/mol. The van der Waals surface area contributed by atoms with Crippen molar-refractivity contribution in [3.63, 3.8) is 0 Å². The molecule has 0 saturated carbocycles. The predicted octanol–water partition coefficient (Wildman–Crippen LogP) is 2.02. The molecule has 0 aliphatic carbocycles. The van der Waals surface area contributed by atoms with Crippen LogP contribution in [0.4, 0.5) is 0 Å². The van der Waals surface area contributed by atoms with E-state index >= 15 is 0 Å². The smallest absolute Gasteiger partial charge is 0.162 e. The summed E-state index contributed by atoms with van der Waals surface area (Å²) >= 11 is 0. The van der Waals surface area contributed by atoms with Gasteiger partial charge in [0.2, 0.25) is 0 Å². The van der Waals surface area contributed by atoms with Crippen molar-refractivity contribution >= 4 is 0 Å². The van der Waals surface area contributed by atoms with Gasteiger partial charge in [-0.25, -0.2) is 0 Å². The zero-order chi connectivity index (χ0) is 13.1. The summed E-state index contributed by atoms with van der Waals surface area (Å²) in [6.07, 6.45) is 2.61. The Labute approximate surface area is 112 Å². The van der Waals surface area contributed by atoms with Crippen molar-refractivity contribution in [2.45, 2.75) is 6.42 Å². The van der Waals surface area contributed by atoms with Crippen molar-refractivity contribution in [1.82, 2.24) is 4.98 Å². The van der Waals surface area contributed by atoms with Crippen molar-refractivity contribution in [2.75, 3.05) is 19.8 Å².